The number of pyridine rings is 1. The normalized spacial score (nSPS) is 10.9. The molecule has 3 aromatic heterocycles. The zero-order valence-corrected chi connectivity index (χ0v) is 12.6. The summed E-state index contributed by atoms with van der Waals surface area (Å²) in [5.41, 5.74) is 1.47. The topological polar surface area (TPSA) is 38.5 Å². The lowest BCUT2D eigenvalue weighted by molar-refractivity contribution is -0.579. The van der Waals surface area contributed by atoms with Crippen LogP contribution in [0.3, 0.4) is 0 Å². The Morgan fingerprint density at radius 3 is 2.79 bits per heavy atom. The van der Waals surface area contributed by atoms with Crippen molar-refractivity contribution < 1.29 is 28.5 Å². The first kappa shape index (κ1) is 12.5. The van der Waals surface area contributed by atoms with E-state index in [0.717, 1.165) is 10.2 Å². The third-order valence-corrected chi connectivity index (χ3v) is 3.97. The third kappa shape index (κ3) is 1.74. The van der Waals surface area contributed by atoms with Gasteiger partial charge in [-0.05, 0) is 22.7 Å². The van der Waals surface area contributed by atoms with Gasteiger partial charge in [0.1, 0.15) is 0 Å². The highest BCUT2D eigenvalue weighted by atomic mass is 127. The molecule has 0 aliphatic heterocycles. The summed E-state index contributed by atoms with van der Waals surface area (Å²) < 4.78 is 4.38. The van der Waals surface area contributed by atoms with Crippen LogP contribution in [-0.2, 0) is 0 Å². The van der Waals surface area contributed by atoms with Gasteiger partial charge in [-0.1, -0.05) is 23.5 Å². The number of nitrogens with zero attached hydrogens (tertiary/aromatic N) is 3. The van der Waals surface area contributed by atoms with Crippen LogP contribution in [0.2, 0.25) is 0 Å². The highest BCUT2D eigenvalue weighted by Crippen LogP contribution is 2.22. The second-order valence-corrected chi connectivity index (χ2v) is 5.03. The molecule has 0 N–H and O–H groups in total. The van der Waals surface area contributed by atoms with Crippen LogP contribution in [0.4, 0.5) is 0 Å². The van der Waals surface area contributed by atoms with Crippen molar-refractivity contribution in [3.05, 3.63) is 59.0 Å². The zero-order chi connectivity index (χ0) is 12.1. The van der Waals surface area contributed by atoms with Crippen LogP contribution in [-0.4, -0.2) is 9.50 Å². The monoisotopic (exact) mass is 381 g/mol. The van der Waals surface area contributed by atoms with E-state index in [0.29, 0.717) is 10.5 Å². The van der Waals surface area contributed by atoms with Crippen LogP contribution in [0.25, 0.3) is 20.7 Å². The van der Waals surface area contributed by atoms with E-state index in [1.807, 2.05) is 36.4 Å². The zero-order valence-electron chi connectivity index (χ0n) is 9.65. The number of hydrogen-bond acceptors (Lipinski definition) is 3. The average molecular weight is 381 g/mol. The second kappa shape index (κ2) is 4.53. The first-order chi connectivity index (χ1) is 8.84. The molecule has 0 atom stereocenters. The fourth-order valence-electron chi connectivity index (χ4n) is 2.13. The minimum Gasteiger partial charge on any atom is -1.00 e. The molecule has 0 aliphatic rings. The van der Waals surface area contributed by atoms with Crippen molar-refractivity contribution in [1.82, 2.24) is 9.50 Å². The molecular weight excluding hydrogens is 373 g/mol. The molecule has 3 heterocycles. The Kier molecular flexibility index (Phi) is 2.98. The highest BCUT2D eigenvalue weighted by Gasteiger charge is 2.16. The highest BCUT2D eigenvalue weighted by molar-refractivity contribution is 7.23. The van der Waals surface area contributed by atoms with Crippen molar-refractivity contribution >= 4 is 32.0 Å². The van der Waals surface area contributed by atoms with Gasteiger partial charge in [-0.3, -0.25) is 4.79 Å². The quantitative estimate of drug-likeness (QED) is 0.279. The predicted molar refractivity (Wildman–Crippen MR) is 70.0 cm³/mol. The summed E-state index contributed by atoms with van der Waals surface area (Å²) in [5, 5.41) is 4.47. The summed E-state index contributed by atoms with van der Waals surface area (Å²) in [6, 6.07) is 13.3. The van der Waals surface area contributed by atoms with E-state index in [1.54, 1.807) is 21.2 Å². The molecule has 0 radical (unpaired) electrons. The molecule has 0 saturated carbocycles. The van der Waals surface area contributed by atoms with E-state index in [1.165, 1.54) is 11.3 Å². The summed E-state index contributed by atoms with van der Waals surface area (Å²) in [5.74, 6) is 0. The molecule has 94 valence electrons. The van der Waals surface area contributed by atoms with E-state index in [2.05, 4.69) is 5.10 Å². The predicted octanol–water partition coefficient (Wildman–Crippen LogP) is -1.35. The maximum Gasteiger partial charge on any atom is 0.332 e. The van der Waals surface area contributed by atoms with Crippen LogP contribution in [0.1, 0.15) is 0 Å². The van der Waals surface area contributed by atoms with Gasteiger partial charge in [-0.25, -0.2) is 4.40 Å². The molecule has 4 nitrogen and oxygen atoms in total. The Morgan fingerprint density at radius 1 is 1.11 bits per heavy atom. The van der Waals surface area contributed by atoms with Gasteiger partial charge in [0.2, 0.25) is 6.20 Å². The number of thiazole rings is 1. The van der Waals surface area contributed by atoms with Crippen LogP contribution < -0.4 is 34.1 Å². The molecule has 0 unspecified atom stereocenters. The lowest BCUT2D eigenvalue weighted by Gasteiger charge is -1.92. The van der Waals surface area contributed by atoms with Crippen LogP contribution in [0.15, 0.2) is 53.5 Å². The molecule has 4 rings (SSSR count). The van der Waals surface area contributed by atoms with Gasteiger partial charge in [-0.15, -0.1) is 0 Å². The molecule has 0 amide bonds. The first-order valence-electron chi connectivity index (χ1n) is 5.55. The van der Waals surface area contributed by atoms with E-state index in [-0.39, 0.29) is 29.5 Å². The Balaban J connectivity index is 0.00000110. The summed E-state index contributed by atoms with van der Waals surface area (Å²) in [7, 11) is 0. The molecule has 0 bridgehead atoms. The van der Waals surface area contributed by atoms with Gasteiger partial charge in [0, 0.05) is 17.2 Å². The number of hydrogen-bond donors (Lipinski definition) is 0. The Morgan fingerprint density at radius 2 is 1.89 bits per heavy atom. The lowest BCUT2D eigenvalue weighted by atomic mass is 10.3. The first-order valence-corrected chi connectivity index (χ1v) is 6.37. The van der Waals surface area contributed by atoms with Gasteiger partial charge >= 0.3 is 11.1 Å². The summed E-state index contributed by atoms with van der Waals surface area (Å²) in [6.07, 6.45) is 1.79. The third-order valence-electron chi connectivity index (χ3n) is 2.95. The number of halogens is 1. The number of rotatable bonds is 0. The molecule has 19 heavy (non-hydrogen) atoms. The van der Waals surface area contributed by atoms with Crippen molar-refractivity contribution in [3.8, 4) is 0 Å². The van der Waals surface area contributed by atoms with Gasteiger partial charge in [0.05, 0.1) is 10.2 Å². The molecule has 4 aromatic rings. The SMILES string of the molecule is O=c1c2cccc[n+]2nc2sc3ccccc3n12.[I-]. The van der Waals surface area contributed by atoms with Gasteiger partial charge in [0.15, 0.2) is 0 Å². The molecular formula is C13H8IN3OS. The largest absolute Gasteiger partial charge is 1.00 e. The molecule has 0 fully saturated rings. The van der Waals surface area contributed by atoms with Gasteiger partial charge < -0.3 is 24.0 Å². The standard InChI is InChI=1S/C13H8N3OS.HI/c17-12-10-6-3-4-8-15(10)14-13-16(12)9-5-1-2-7-11(9)18-13;/h1-8H;1H/q+1;/p-1. The maximum atomic E-state index is 12.5. The average Bonchev–Trinajstić information content (AvgIpc) is 2.77. The number of aromatic nitrogens is 3. The molecule has 6 heteroatoms. The molecule has 0 saturated heterocycles. The molecule has 0 spiro atoms. The van der Waals surface area contributed by atoms with Crippen LogP contribution >= 0.6 is 11.3 Å². The minimum atomic E-state index is -0.0296. The van der Waals surface area contributed by atoms with Gasteiger partial charge in [0.25, 0.3) is 4.96 Å². The van der Waals surface area contributed by atoms with Crippen molar-refractivity contribution in [2.24, 2.45) is 0 Å². The van der Waals surface area contributed by atoms with E-state index in [4.69, 9.17) is 0 Å². The second-order valence-electron chi connectivity index (χ2n) is 4.02. The summed E-state index contributed by atoms with van der Waals surface area (Å²) in [6.45, 7) is 0. The number of para-hydroxylation sites is 1. The Bertz CT molecular complexity index is 960. The van der Waals surface area contributed by atoms with Crippen LogP contribution in [0.5, 0.6) is 0 Å². The Hall–Kier alpha value is -1.54. The van der Waals surface area contributed by atoms with Gasteiger partial charge in [-0.2, -0.15) is 0 Å². The molecule has 1 aromatic carbocycles. The lowest BCUT2D eigenvalue weighted by Crippen LogP contribution is -3.00. The van der Waals surface area contributed by atoms with E-state index >= 15 is 0 Å². The van der Waals surface area contributed by atoms with Crippen molar-refractivity contribution in [2.45, 2.75) is 0 Å². The van der Waals surface area contributed by atoms with Crippen LogP contribution in [0, 0.1) is 0 Å². The van der Waals surface area contributed by atoms with Crippen molar-refractivity contribution in [1.29, 1.82) is 0 Å². The Labute approximate surface area is 129 Å². The molecule has 0 aliphatic carbocycles. The summed E-state index contributed by atoms with van der Waals surface area (Å²) >= 11 is 1.52. The fraction of sp³-hybridized carbons (Fsp3) is 0. The maximum absolute atomic E-state index is 12.5. The number of fused-ring (bicyclic) bond motifs is 4. The number of benzene rings is 1. The van der Waals surface area contributed by atoms with Crippen molar-refractivity contribution in [2.75, 3.05) is 0 Å². The van der Waals surface area contributed by atoms with E-state index < -0.39 is 0 Å². The summed E-state index contributed by atoms with van der Waals surface area (Å²) in [4.78, 5) is 13.2. The van der Waals surface area contributed by atoms with Crippen molar-refractivity contribution in [3.63, 3.8) is 0 Å². The minimum absolute atomic E-state index is 0. The smallest absolute Gasteiger partial charge is 0.332 e. The van der Waals surface area contributed by atoms with E-state index in [9.17, 15) is 4.79 Å². The fourth-order valence-corrected chi connectivity index (χ4v) is 3.14.